The number of fused-ring (bicyclic) bond motifs is 1. The minimum atomic E-state index is -0.924. The lowest BCUT2D eigenvalue weighted by molar-refractivity contribution is 0.0696. The van der Waals surface area contributed by atoms with Gasteiger partial charge in [0.25, 0.3) is 0 Å². The van der Waals surface area contributed by atoms with E-state index in [0.717, 1.165) is 34.1 Å². The lowest BCUT2D eigenvalue weighted by atomic mass is 9.88. The first-order chi connectivity index (χ1) is 17.7. The van der Waals surface area contributed by atoms with Gasteiger partial charge in [-0.05, 0) is 102 Å². The fourth-order valence-electron chi connectivity index (χ4n) is 4.85. The van der Waals surface area contributed by atoms with Gasteiger partial charge in [-0.15, -0.1) is 0 Å². The minimum absolute atomic E-state index is 0.0505. The van der Waals surface area contributed by atoms with E-state index in [4.69, 9.17) is 27.9 Å². The third kappa shape index (κ3) is 6.27. The van der Waals surface area contributed by atoms with Crippen molar-refractivity contribution >= 4 is 39.9 Å². The first kappa shape index (κ1) is 27.0. The summed E-state index contributed by atoms with van der Waals surface area (Å²) in [5, 5.41) is 12.8. The molecule has 3 atom stereocenters. The van der Waals surface area contributed by atoms with Crippen molar-refractivity contribution in [3.8, 4) is 5.75 Å². The number of benzene rings is 4. The van der Waals surface area contributed by atoms with Crippen molar-refractivity contribution in [3.05, 3.63) is 111 Å². The quantitative estimate of drug-likeness (QED) is 0.232. The first-order valence-electron chi connectivity index (χ1n) is 12.2. The average Bonchev–Trinajstić information content (AvgIpc) is 2.89. The van der Waals surface area contributed by atoms with Gasteiger partial charge in [-0.3, -0.25) is 4.90 Å². The van der Waals surface area contributed by atoms with Crippen molar-refractivity contribution in [2.45, 2.75) is 38.3 Å². The smallest absolute Gasteiger partial charge is 0.335 e. The topological polar surface area (TPSA) is 49.8 Å². The number of halogens is 2. The van der Waals surface area contributed by atoms with Crippen LogP contribution in [0.3, 0.4) is 0 Å². The van der Waals surface area contributed by atoms with Gasteiger partial charge in [-0.2, -0.15) is 0 Å². The number of carboxylic acids is 1. The van der Waals surface area contributed by atoms with Crippen LogP contribution in [0.15, 0.2) is 78.9 Å². The van der Waals surface area contributed by atoms with Crippen LogP contribution in [0.1, 0.15) is 65.3 Å². The van der Waals surface area contributed by atoms with E-state index < -0.39 is 5.97 Å². The third-order valence-electron chi connectivity index (χ3n) is 7.23. The SMILES string of the molecule is COc1ccc2cc([C@@H](C[C@@H](C)c3cc(Cl)cc(Cl)c3)N(C)C(C)c3ccc(C(=O)O)cc3)ccc2c1. The fraction of sp³-hybridized carbons (Fsp3) is 0.258. The van der Waals surface area contributed by atoms with Gasteiger partial charge in [0.1, 0.15) is 5.75 Å². The van der Waals surface area contributed by atoms with E-state index in [0.29, 0.717) is 10.0 Å². The van der Waals surface area contributed by atoms with E-state index in [-0.39, 0.29) is 23.6 Å². The molecule has 0 radical (unpaired) electrons. The molecule has 0 aliphatic rings. The van der Waals surface area contributed by atoms with Gasteiger partial charge in [0.05, 0.1) is 12.7 Å². The molecule has 4 aromatic carbocycles. The highest BCUT2D eigenvalue weighted by atomic mass is 35.5. The van der Waals surface area contributed by atoms with Crippen LogP contribution in [-0.4, -0.2) is 30.1 Å². The second-order valence-corrected chi connectivity index (χ2v) is 10.5. The van der Waals surface area contributed by atoms with Crippen LogP contribution < -0.4 is 4.74 Å². The molecule has 1 N–H and O–H groups in total. The van der Waals surface area contributed by atoms with Crippen LogP contribution in [-0.2, 0) is 0 Å². The number of aromatic carboxylic acids is 1. The van der Waals surface area contributed by atoms with Crippen LogP contribution in [0, 0.1) is 0 Å². The maximum absolute atomic E-state index is 11.3. The van der Waals surface area contributed by atoms with Crippen LogP contribution in [0.5, 0.6) is 5.75 Å². The van der Waals surface area contributed by atoms with Gasteiger partial charge in [0, 0.05) is 22.1 Å². The number of carbonyl (C=O) groups is 1. The summed E-state index contributed by atoms with van der Waals surface area (Å²) < 4.78 is 5.40. The van der Waals surface area contributed by atoms with Gasteiger partial charge in [0.2, 0.25) is 0 Å². The van der Waals surface area contributed by atoms with Crippen molar-refractivity contribution < 1.29 is 14.6 Å². The molecule has 0 amide bonds. The van der Waals surface area contributed by atoms with Crippen LogP contribution in [0.25, 0.3) is 10.8 Å². The Labute approximate surface area is 228 Å². The van der Waals surface area contributed by atoms with Gasteiger partial charge >= 0.3 is 5.97 Å². The highest BCUT2D eigenvalue weighted by molar-refractivity contribution is 6.34. The second kappa shape index (κ2) is 11.6. The summed E-state index contributed by atoms with van der Waals surface area (Å²) in [6.07, 6.45) is 0.840. The monoisotopic (exact) mass is 535 g/mol. The molecule has 4 nitrogen and oxygen atoms in total. The Morgan fingerprint density at radius 1 is 0.838 bits per heavy atom. The maximum atomic E-state index is 11.3. The van der Waals surface area contributed by atoms with Crippen molar-refractivity contribution in [2.24, 2.45) is 0 Å². The molecule has 0 saturated heterocycles. The molecule has 4 aromatic rings. The zero-order chi connectivity index (χ0) is 26.7. The Morgan fingerprint density at radius 2 is 1.43 bits per heavy atom. The van der Waals surface area contributed by atoms with Gasteiger partial charge < -0.3 is 9.84 Å². The van der Waals surface area contributed by atoms with Crippen LogP contribution in [0.4, 0.5) is 0 Å². The molecule has 6 heteroatoms. The number of nitrogens with zero attached hydrogens (tertiary/aromatic N) is 1. The Morgan fingerprint density at radius 3 is 2.05 bits per heavy atom. The summed E-state index contributed by atoms with van der Waals surface area (Å²) in [7, 11) is 3.80. The van der Waals surface area contributed by atoms with Crippen LogP contribution in [0.2, 0.25) is 10.0 Å². The zero-order valence-electron chi connectivity index (χ0n) is 21.4. The molecular formula is C31H31Cl2NO3. The van der Waals surface area contributed by atoms with E-state index in [1.807, 2.05) is 36.4 Å². The van der Waals surface area contributed by atoms with E-state index in [1.54, 1.807) is 25.3 Å². The molecule has 0 fully saturated rings. The standard InChI is InChI=1S/C31H31Cl2NO3/c1-19(26-15-27(32)18-28(33)16-26)13-30(25-10-9-24-17-29(37-4)12-11-23(24)14-25)34(3)20(2)21-5-7-22(8-6-21)31(35)36/h5-12,14-20,30H,13H2,1-4H3,(H,35,36)/t19-,20?,30-/m1/s1. The van der Waals surface area contributed by atoms with Crippen molar-refractivity contribution in [2.75, 3.05) is 14.2 Å². The predicted octanol–water partition coefficient (Wildman–Crippen LogP) is 8.78. The predicted molar refractivity (Wildman–Crippen MR) is 152 cm³/mol. The number of ether oxygens (including phenoxy) is 1. The normalized spacial score (nSPS) is 13.9. The molecule has 0 spiro atoms. The highest BCUT2D eigenvalue weighted by Gasteiger charge is 2.26. The van der Waals surface area contributed by atoms with Crippen molar-refractivity contribution in [1.82, 2.24) is 4.90 Å². The van der Waals surface area contributed by atoms with Gasteiger partial charge in [-0.25, -0.2) is 4.79 Å². The molecule has 0 bridgehead atoms. The van der Waals surface area contributed by atoms with E-state index in [2.05, 4.69) is 50.1 Å². The number of methoxy groups -OCH3 is 1. The minimum Gasteiger partial charge on any atom is -0.497 e. The largest absolute Gasteiger partial charge is 0.497 e. The first-order valence-corrected chi connectivity index (χ1v) is 13.0. The Bertz CT molecular complexity index is 1380. The molecule has 0 aromatic heterocycles. The van der Waals surface area contributed by atoms with E-state index in [1.165, 1.54) is 5.56 Å². The lowest BCUT2D eigenvalue weighted by Crippen LogP contribution is -2.29. The highest BCUT2D eigenvalue weighted by Crippen LogP contribution is 2.38. The zero-order valence-corrected chi connectivity index (χ0v) is 22.9. The molecular weight excluding hydrogens is 505 g/mol. The summed E-state index contributed by atoms with van der Waals surface area (Å²) in [5.41, 5.74) is 3.64. The molecule has 192 valence electrons. The van der Waals surface area contributed by atoms with Crippen molar-refractivity contribution in [3.63, 3.8) is 0 Å². The van der Waals surface area contributed by atoms with Gasteiger partial charge in [0.15, 0.2) is 0 Å². The molecule has 0 aliphatic heterocycles. The van der Waals surface area contributed by atoms with Crippen molar-refractivity contribution in [1.29, 1.82) is 0 Å². The molecule has 4 rings (SSSR count). The molecule has 0 aliphatic carbocycles. The number of rotatable bonds is 9. The van der Waals surface area contributed by atoms with E-state index >= 15 is 0 Å². The summed E-state index contributed by atoms with van der Waals surface area (Å²) in [6, 6.07) is 25.6. The molecule has 0 heterocycles. The van der Waals surface area contributed by atoms with E-state index in [9.17, 15) is 9.90 Å². The lowest BCUT2D eigenvalue weighted by Gasteiger charge is -2.36. The Balaban J connectivity index is 1.71. The Hall–Kier alpha value is -3.05. The second-order valence-electron chi connectivity index (χ2n) is 9.60. The molecule has 0 saturated carbocycles. The molecule has 37 heavy (non-hydrogen) atoms. The van der Waals surface area contributed by atoms with Gasteiger partial charge in [-0.1, -0.05) is 60.5 Å². The maximum Gasteiger partial charge on any atom is 0.335 e. The molecule has 1 unspecified atom stereocenters. The summed E-state index contributed by atoms with van der Waals surface area (Å²) in [6.45, 7) is 4.34. The van der Waals surface area contributed by atoms with Crippen LogP contribution >= 0.6 is 23.2 Å². The third-order valence-corrected chi connectivity index (χ3v) is 7.67. The Kier molecular flexibility index (Phi) is 8.43. The number of carboxylic acid groups (broad SMARTS) is 1. The summed E-state index contributed by atoms with van der Waals surface area (Å²) in [4.78, 5) is 13.7. The summed E-state index contributed by atoms with van der Waals surface area (Å²) >= 11 is 12.6. The fourth-order valence-corrected chi connectivity index (χ4v) is 5.40. The average molecular weight is 536 g/mol. The number of hydrogen-bond acceptors (Lipinski definition) is 3. The number of hydrogen-bond donors (Lipinski definition) is 1. The summed E-state index contributed by atoms with van der Waals surface area (Å²) in [5.74, 6) is 0.0999.